The van der Waals surface area contributed by atoms with Gasteiger partial charge in [-0.25, -0.2) is 5.43 Å². The molecule has 0 fully saturated rings. The smallest absolute Gasteiger partial charge is 0.250 e. The normalized spacial score (nSPS) is 11.0. The molecule has 5 rings (SSSR count). The van der Waals surface area contributed by atoms with E-state index >= 15 is 0 Å². The van der Waals surface area contributed by atoms with Gasteiger partial charge >= 0.3 is 0 Å². The number of hydrogen-bond donors (Lipinski definition) is 1. The molecule has 1 aromatic heterocycles. The molecule has 4 aromatic carbocycles. The molecule has 10 heteroatoms. The Morgan fingerprint density at radius 3 is 2.40 bits per heavy atom. The van der Waals surface area contributed by atoms with E-state index in [1.165, 1.54) is 11.8 Å². The third-order valence-electron chi connectivity index (χ3n) is 6.43. The van der Waals surface area contributed by atoms with Crippen molar-refractivity contribution in [1.82, 2.24) is 20.2 Å². The van der Waals surface area contributed by atoms with Crippen molar-refractivity contribution in [2.45, 2.75) is 18.7 Å². The van der Waals surface area contributed by atoms with Crippen LogP contribution in [0.3, 0.4) is 0 Å². The average Bonchev–Trinajstić information content (AvgIpc) is 3.48. The van der Waals surface area contributed by atoms with Gasteiger partial charge in [0.05, 0.1) is 26.2 Å². The Morgan fingerprint density at radius 2 is 1.67 bits per heavy atom. The SMILES string of the molecule is COc1ccc(-c2nnc(SCC(=O)N/N=C/c3ccc(OCc4ccccc4)c(OC)c3)n2-c2ccc(C)cc2)cc1. The topological polar surface area (TPSA) is 99.9 Å². The van der Waals surface area contributed by atoms with Gasteiger partial charge in [-0.15, -0.1) is 10.2 Å². The number of carbonyl (C=O) groups is 1. The zero-order chi connectivity index (χ0) is 30.0. The van der Waals surface area contributed by atoms with Crippen LogP contribution < -0.4 is 19.6 Å². The fourth-order valence-corrected chi connectivity index (χ4v) is 4.92. The van der Waals surface area contributed by atoms with Gasteiger partial charge in [-0.2, -0.15) is 5.10 Å². The van der Waals surface area contributed by atoms with E-state index in [9.17, 15) is 4.79 Å². The van der Waals surface area contributed by atoms with E-state index in [0.29, 0.717) is 29.1 Å². The Labute approximate surface area is 254 Å². The van der Waals surface area contributed by atoms with Crippen LogP contribution in [0.4, 0.5) is 0 Å². The summed E-state index contributed by atoms with van der Waals surface area (Å²) in [5, 5.41) is 13.5. The predicted molar refractivity (Wildman–Crippen MR) is 168 cm³/mol. The second-order valence-corrected chi connectivity index (χ2v) is 10.4. The van der Waals surface area contributed by atoms with Gasteiger partial charge in [-0.3, -0.25) is 9.36 Å². The number of nitrogens with zero attached hydrogens (tertiary/aromatic N) is 4. The van der Waals surface area contributed by atoms with Crippen molar-refractivity contribution < 1.29 is 19.0 Å². The average molecular weight is 594 g/mol. The van der Waals surface area contributed by atoms with Crippen LogP contribution in [0.25, 0.3) is 17.1 Å². The van der Waals surface area contributed by atoms with Gasteiger partial charge in [0.25, 0.3) is 5.91 Å². The number of rotatable bonds is 12. The van der Waals surface area contributed by atoms with Crippen LogP contribution in [-0.4, -0.2) is 46.9 Å². The Balaban J connectivity index is 1.23. The van der Waals surface area contributed by atoms with Crippen LogP contribution in [0.15, 0.2) is 107 Å². The molecule has 0 saturated heterocycles. The van der Waals surface area contributed by atoms with E-state index in [1.54, 1.807) is 26.5 Å². The minimum Gasteiger partial charge on any atom is -0.497 e. The largest absolute Gasteiger partial charge is 0.497 e. The lowest BCUT2D eigenvalue weighted by molar-refractivity contribution is -0.118. The fourth-order valence-electron chi connectivity index (χ4n) is 4.18. The zero-order valence-corrected chi connectivity index (χ0v) is 24.9. The molecule has 0 aliphatic carbocycles. The summed E-state index contributed by atoms with van der Waals surface area (Å²) in [4.78, 5) is 12.7. The number of amides is 1. The molecule has 5 aromatic rings. The first-order valence-corrected chi connectivity index (χ1v) is 14.5. The maximum absolute atomic E-state index is 12.7. The molecule has 0 saturated carbocycles. The number of aromatic nitrogens is 3. The molecule has 1 amide bonds. The number of carbonyl (C=O) groups excluding carboxylic acids is 1. The van der Waals surface area contributed by atoms with Crippen molar-refractivity contribution in [2.24, 2.45) is 5.10 Å². The molecule has 9 nitrogen and oxygen atoms in total. The Morgan fingerprint density at radius 1 is 0.907 bits per heavy atom. The van der Waals surface area contributed by atoms with E-state index in [1.807, 2.05) is 102 Å². The monoisotopic (exact) mass is 593 g/mol. The summed E-state index contributed by atoms with van der Waals surface area (Å²) in [5.41, 5.74) is 7.31. The Bertz CT molecular complexity index is 1690. The molecular weight excluding hydrogens is 562 g/mol. The summed E-state index contributed by atoms with van der Waals surface area (Å²) in [7, 11) is 3.21. The highest BCUT2D eigenvalue weighted by Crippen LogP contribution is 2.30. The lowest BCUT2D eigenvalue weighted by Crippen LogP contribution is -2.20. The van der Waals surface area contributed by atoms with Crippen molar-refractivity contribution in [1.29, 1.82) is 0 Å². The van der Waals surface area contributed by atoms with Crippen LogP contribution in [0.5, 0.6) is 17.2 Å². The van der Waals surface area contributed by atoms with Crippen LogP contribution >= 0.6 is 11.8 Å². The molecule has 0 atom stereocenters. The van der Waals surface area contributed by atoms with Gasteiger partial charge in [0.1, 0.15) is 12.4 Å². The van der Waals surface area contributed by atoms with Gasteiger partial charge in [-0.1, -0.05) is 59.8 Å². The van der Waals surface area contributed by atoms with Crippen LogP contribution in [0.2, 0.25) is 0 Å². The van der Waals surface area contributed by atoms with Crippen molar-refractivity contribution in [3.63, 3.8) is 0 Å². The Kier molecular flexibility index (Phi) is 9.71. The number of hydrazone groups is 1. The second-order valence-electron chi connectivity index (χ2n) is 9.47. The minimum absolute atomic E-state index is 0.0968. The molecule has 0 radical (unpaired) electrons. The predicted octanol–water partition coefficient (Wildman–Crippen LogP) is 6.08. The minimum atomic E-state index is -0.277. The lowest BCUT2D eigenvalue weighted by Gasteiger charge is -2.11. The van der Waals surface area contributed by atoms with Gasteiger partial charge in [0.15, 0.2) is 22.5 Å². The first-order chi connectivity index (χ1) is 21.0. The number of methoxy groups -OCH3 is 2. The van der Waals surface area contributed by atoms with Gasteiger partial charge in [-0.05, 0) is 72.6 Å². The summed E-state index contributed by atoms with van der Waals surface area (Å²) in [5.74, 6) is 2.43. The number of ether oxygens (including phenoxy) is 3. The molecule has 0 aliphatic rings. The molecule has 0 spiro atoms. The van der Waals surface area contributed by atoms with E-state index in [2.05, 4.69) is 20.7 Å². The van der Waals surface area contributed by atoms with E-state index in [4.69, 9.17) is 14.2 Å². The highest BCUT2D eigenvalue weighted by Gasteiger charge is 2.17. The standard InChI is InChI=1S/C33H31N5O4S/c1-23-9-14-27(15-10-23)38-32(26-12-16-28(40-2)17-13-26)36-37-33(38)43-22-31(39)35-34-20-25-11-18-29(30(19-25)41-3)42-21-24-7-5-4-6-8-24/h4-20H,21-22H2,1-3H3,(H,35,39)/b34-20+. The third-order valence-corrected chi connectivity index (χ3v) is 7.36. The molecule has 43 heavy (non-hydrogen) atoms. The maximum Gasteiger partial charge on any atom is 0.250 e. The first-order valence-electron chi connectivity index (χ1n) is 13.5. The molecule has 0 bridgehead atoms. The Hall–Kier alpha value is -5.09. The van der Waals surface area contributed by atoms with Crippen molar-refractivity contribution in [3.05, 3.63) is 114 Å². The zero-order valence-electron chi connectivity index (χ0n) is 24.1. The molecule has 218 valence electrons. The van der Waals surface area contributed by atoms with Crippen molar-refractivity contribution >= 4 is 23.9 Å². The molecule has 1 N–H and O–H groups in total. The van der Waals surface area contributed by atoms with Gasteiger partial charge < -0.3 is 14.2 Å². The maximum atomic E-state index is 12.7. The summed E-state index contributed by atoms with van der Waals surface area (Å²) < 4.78 is 18.6. The second kappa shape index (κ2) is 14.2. The highest BCUT2D eigenvalue weighted by molar-refractivity contribution is 7.99. The first kappa shape index (κ1) is 29.4. The number of hydrogen-bond acceptors (Lipinski definition) is 8. The number of nitrogens with one attached hydrogen (secondary N) is 1. The number of thioether (sulfide) groups is 1. The lowest BCUT2D eigenvalue weighted by atomic mass is 10.2. The van der Waals surface area contributed by atoms with E-state index in [-0.39, 0.29) is 11.7 Å². The summed E-state index contributed by atoms with van der Waals surface area (Å²) in [6, 6.07) is 31.1. The summed E-state index contributed by atoms with van der Waals surface area (Å²) in [6.45, 7) is 2.46. The van der Waals surface area contributed by atoms with Crippen LogP contribution in [0, 0.1) is 6.92 Å². The van der Waals surface area contributed by atoms with Crippen LogP contribution in [0.1, 0.15) is 16.7 Å². The van der Waals surface area contributed by atoms with E-state index < -0.39 is 0 Å². The van der Waals surface area contributed by atoms with Crippen molar-refractivity contribution in [3.8, 4) is 34.3 Å². The van der Waals surface area contributed by atoms with Gasteiger partial charge in [0.2, 0.25) is 0 Å². The highest BCUT2D eigenvalue weighted by atomic mass is 32.2. The van der Waals surface area contributed by atoms with E-state index in [0.717, 1.165) is 33.7 Å². The molecular formula is C33H31N5O4S. The molecule has 0 aliphatic heterocycles. The van der Waals surface area contributed by atoms with Crippen molar-refractivity contribution in [2.75, 3.05) is 20.0 Å². The van der Waals surface area contributed by atoms with Gasteiger partial charge in [0, 0.05) is 11.3 Å². The molecule has 0 unspecified atom stereocenters. The summed E-state index contributed by atoms with van der Waals surface area (Å²) >= 11 is 1.28. The number of benzene rings is 4. The fraction of sp³-hybridized carbons (Fsp3) is 0.152. The molecule has 1 heterocycles. The van der Waals surface area contributed by atoms with Crippen LogP contribution in [-0.2, 0) is 11.4 Å². The quantitative estimate of drug-likeness (QED) is 0.106. The number of aryl methyl sites for hydroxylation is 1. The summed E-state index contributed by atoms with van der Waals surface area (Å²) in [6.07, 6.45) is 1.56. The third kappa shape index (κ3) is 7.60.